The van der Waals surface area contributed by atoms with Crippen LogP contribution >= 0.6 is 0 Å². The van der Waals surface area contributed by atoms with E-state index in [1.54, 1.807) is 6.92 Å². The Morgan fingerprint density at radius 2 is 2.10 bits per heavy atom. The molecule has 0 bridgehead atoms. The molecule has 0 aromatic heterocycles. The first-order valence-corrected chi connectivity index (χ1v) is 7.57. The number of alkyl halides is 1. The second-order valence-corrected chi connectivity index (χ2v) is 6.95. The molecule has 0 spiro atoms. The highest BCUT2D eigenvalue weighted by Gasteiger charge is 2.35. The largest absolute Gasteiger partial charge is 0.315 e. The van der Waals surface area contributed by atoms with E-state index in [4.69, 9.17) is 0 Å². The molecule has 20 heavy (non-hydrogen) atoms. The first-order valence-electron chi connectivity index (χ1n) is 7.57. The summed E-state index contributed by atoms with van der Waals surface area (Å²) in [6.07, 6.45) is 1.04. The van der Waals surface area contributed by atoms with E-state index in [-0.39, 0.29) is 11.0 Å². The molecular weight excluding hydrogens is 251 g/mol. The maximum absolute atomic E-state index is 13.6. The molecule has 1 saturated heterocycles. The van der Waals surface area contributed by atoms with Gasteiger partial charge in [-0.25, -0.2) is 4.39 Å². The smallest absolute Gasteiger partial charge is 0.149 e. The molecule has 1 fully saturated rings. The zero-order chi connectivity index (χ0) is 14.8. The molecule has 112 valence electrons. The van der Waals surface area contributed by atoms with Crippen molar-refractivity contribution in [2.24, 2.45) is 0 Å². The fraction of sp³-hybridized carbons (Fsp3) is 0.647. The number of halogens is 1. The zero-order valence-corrected chi connectivity index (χ0v) is 13.1. The maximum Gasteiger partial charge on any atom is 0.149 e. The lowest BCUT2D eigenvalue weighted by Gasteiger charge is -2.40. The molecule has 0 saturated carbocycles. The summed E-state index contributed by atoms with van der Waals surface area (Å²) in [5.74, 6) is 0. The lowest BCUT2D eigenvalue weighted by Crippen LogP contribution is -2.55. The van der Waals surface area contributed by atoms with Crippen molar-refractivity contribution >= 4 is 0 Å². The fourth-order valence-electron chi connectivity index (χ4n) is 3.02. The topological polar surface area (TPSA) is 24.1 Å². The normalized spacial score (nSPS) is 25.4. The first-order chi connectivity index (χ1) is 9.33. The first kappa shape index (κ1) is 15.5. The van der Waals surface area contributed by atoms with Crippen molar-refractivity contribution in [2.45, 2.75) is 57.8 Å². The van der Waals surface area contributed by atoms with Crippen LogP contribution in [0.25, 0.3) is 0 Å². The summed E-state index contributed by atoms with van der Waals surface area (Å²) >= 11 is 0. The van der Waals surface area contributed by atoms with E-state index in [0.717, 1.165) is 25.9 Å². The zero-order valence-electron chi connectivity index (χ0n) is 13.1. The molecule has 0 radical (unpaired) electrons. The molecule has 2 nitrogen and oxygen atoms in total. The highest BCUT2D eigenvalue weighted by Crippen LogP contribution is 2.32. The predicted octanol–water partition coefficient (Wildman–Crippen LogP) is 3.47. The van der Waals surface area contributed by atoms with Gasteiger partial charge in [-0.2, -0.15) is 0 Å². The van der Waals surface area contributed by atoms with Crippen molar-refractivity contribution in [2.75, 3.05) is 13.1 Å². The quantitative estimate of drug-likeness (QED) is 0.827. The third kappa shape index (κ3) is 3.39. The minimum absolute atomic E-state index is 0.112. The van der Waals surface area contributed by atoms with E-state index < -0.39 is 6.30 Å². The Balaban J connectivity index is 2.38. The highest BCUT2D eigenvalue weighted by atomic mass is 19.1. The minimum atomic E-state index is -1.01. The molecule has 2 rings (SSSR count). The van der Waals surface area contributed by atoms with Crippen molar-refractivity contribution in [3.63, 3.8) is 0 Å². The summed E-state index contributed by atoms with van der Waals surface area (Å²) in [7, 11) is 0. The molecule has 1 aliphatic rings. The van der Waals surface area contributed by atoms with E-state index in [1.165, 1.54) is 11.1 Å². The van der Waals surface area contributed by atoms with Gasteiger partial charge in [0.05, 0.1) is 5.54 Å². The number of rotatable bonds is 3. The van der Waals surface area contributed by atoms with Crippen LogP contribution in [0.4, 0.5) is 4.39 Å². The standard InChI is InChI=1S/C17H27FN2/c1-13(18)20-17(9-6-10-19-12-17)15-8-5-7-14(11-15)16(2,3)4/h5,7-8,11,13,19-20H,6,9-10,12H2,1-4H3. The number of benzene rings is 1. The van der Waals surface area contributed by atoms with Crippen molar-refractivity contribution in [1.82, 2.24) is 10.6 Å². The van der Waals surface area contributed by atoms with Crippen LogP contribution in [0.5, 0.6) is 0 Å². The Bertz CT molecular complexity index is 443. The summed E-state index contributed by atoms with van der Waals surface area (Å²) in [6.45, 7) is 10.0. The van der Waals surface area contributed by atoms with Gasteiger partial charge >= 0.3 is 0 Å². The second-order valence-electron chi connectivity index (χ2n) is 6.95. The summed E-state index contributed by atoms with van der Waals surface area (Å²) in [4.78, 5) is 0. The molecule has 2 unspecified atom stereocenters. The molecule has 2 atom stereocenters. The third-order valence-corrected chi connectivity index (χ3v) is 4.14. The highest BCUT2D eigenvalue weighted by molar-refractivity contribution is 5.34. The van der Waals surface area contributed by atoms with Gasteiger partial charge < -0.3 is 5.32 Å². The lowest BCUT2D eigenvalue weighted by molar-refractivity contribution is 0.164. The van der Waals surface area contributed by atoms with Crippen LogP contribution in [0.2, 0.25) is 0 Å². The molecule has 0 aliphatic carbocycles. The molecule has 2 N–H and O–H groups in total. The second kappa shape index (κ2) is 5.82. The van der Waals surface area contributed by atoms with Crippen LogP contribution in [0.3, 0.4) is 0 Å². The Morgan fingerprint density at radius 1 is 1.35 bits per heavy atom. The van der Waals surface area contributed by atoms with Crippen LogP contribution in [-0.4, -0.2) is 19.4 Å². The van der Waals surface area contributed by atoms with Gasteiger partial charge in [0.1, 0.15) is 6.30 Å². The molecule has 1 heterocycles. The van der Waals surface area contributed by atoms with E-state index >= 15 is 0 Å². The fourth-order valence-corrected chi connectivity index (χ4v) is 3.02. The molecule has 0 amide bonds. The Hall–Kier alpha value is -0.930. The van der Waals surface area contributed by atoms with Crippen molar-refractivity contribution < 1.29 is 4.39 Å². The predicted molar refractivity (Wildman–Crippen MR) is 82.6 cm³/mol. The summed E-state index contributed by atoms with van der Waals surface area (Å²) in [6, 6.07) is 8.61. The van der Waals surface area contributed by atoms with Crippen LogP contribution in [0.1, 0.15) is 51.7 Å². The summed E-state index contributed by atoms with van der Waals surface area (Å²) in [5, 5.41) is 6.57. The number of hydrogen-bond donors (Lipinski definition) is 2. The molecule has 1 aromatic carbocycles. The number of nitrogens with one attached hydrogen (secondary N) is 2. The van der Waals surface area contributed by atoms with Gasteiger partial charge in [0, 0.05) is 6.54 Å². The average molecular weight is 278 g/mol. The average Bonchev–Trinajstić information content (AvgIpc) is 2.38. The molecule has 1 aliphatic heterocycles. The Morgan fingerprint density at radius 3 is 2.65 bits per heavy atom. The minimum Gasteiger partial charge on any atom is -0.315 e. The van der Waals surface area contributed by atoms with Gasteiger partial charge in [-0.15, -0.1) is 0 Å². The van der Waals surface area contributed by atoms with E-state index in [2.05, 4.69) is 55.7 Å². The van der Waals surface area contributed by atoms with Gasteiger partial charge in [0.25, 0.3) is 0 Å². The summed E-state index contributed by atoms with van der Waals surface area (Å²) in [5.41, 5.74) is 2.32. The van der Waals surface area contributed by atoms with Crippen LogP contribution in [-0.2, 0) is 11.0 Å². The molecule has 1 aromatic rings. The monoisotopic (exact) mass is 278 g/mol. The van der Waals surface area contributed by atoms with Crippen molar-refractivity contribution in [3.8, 4) is 0 Å². The summed E-state index contributed by atoms with van der Waals surface area (Å²) < 4.78 is 13.6. The maximum atomic E-state index is 13.6. The van der Waals surface area contributed by atoms with Gasteiger partial charge in [-0.1, -0.05) is 45.0 Å². The van der Waals surface area contributed by atoms with Gasteiger partial charge in [0.2, 0.25) is 0 Å². The number of piperidine rings is 1. The van der Waals surface area contributed by atoms with Gasteiger partial charge in [-0.3, -0.25) is 5.32 Å². The Labute approximate surface area is 122 Å². The lowest BCUT2D eigenvalue weighted by atomic mass is 9.79. The van der Waals surface area contributed by atoms with Crippen LogP contribution < -0.4 is 10.6 Å². The molecular formula is C17H27FN2. The van der Waals surface area contributed by atoms with Crippen molar-refractivity contribution in [3.05, 3.63) is 35.4 Å². The third-order valence-electron chi connectivity index (χ3n) is 4.14. The van der Waals surface area contributed by atoms with Crippen LogP contribution in [0.15, 0.2) is 24.3 Å². The van der Waals surface area contributed by atoms with E-state index in [0.29, 0.717) is 0 Å². The van der Waals surface area contributed by atoms with Crippen LogP contribution in [0, 0.1) is 0 Å². The SMILES string of the molecule is CC(F)NC1(c2cccc(C(C)(C)C)c2)CCCNC1. The number of hydrogen-bond acceptors (Lipinski definition) is 2. The van der Waals surface area contributed by atoms with E-state index in [9.17, 15) is 4.39 Å². The van der Waals surface area contributed by atoms with Crippen molar-refractivity contribution in [1.29, 1.82) is 0 Å². The van der Waals surface area contributed by atoms with Gasteiger partial charge in [0.15, 0.2) is 0 Å². The molecule has 3 heteroatoms. The Kier molecular flexibility index (Phi) is 4.50. The van der Waals surface area contributed by atoms with E-state index in [1.807, 2.05) is 0 Å². The van der Waals surface area contributed by atoms with Gasteiger partial charge in [-0.05, 0) is 42.9 Å².